The fourth-order valence-corrected chi connectivity index (χ4v) is 3.11. The van der Waals surface area contributed by atoms with E-state index in [0.29, 0.717) is 6.04 Å². The van der Waals surface area contributed by atoms with Crippen molar-refractivity contribution in [2.24, 2.45) is 0 Å². The van der Waals surface area contributed by atoms with Crippen molar-refractivity contribution in [3.8, 4) is 0 Å². The largest absolute Gasteiger partial charge is 0.380 e. The van der Waals surface area contributed by atoms with Gasteiger partial charge in [-0.05, 0) is 45.0 Å². The molecule has 0 radical (unpaired) electrons. The molecule has 0 saturated carbocycles. The SMILES string of the molecule is CCOCCN1CN(C2CCNCC2)c2cccnc21. The van der Waals surface area contributed by atoms with Crippen molar-refractivity contribution < 1.29 is 4.74 Å². The minimum Gasteiger partial charge on any atom is -0.380 e. The highest BCUT2D eigenvalue weighted by Crippen LogP contribution is 2.36. The molecule has 0 amide bonds. The lowest BCUT2D eigenvalue weighted by Crippen LogP contribution is -2.45. The molecule has 5 nitrogen and oxygen atoms in total. The normalized spacial score (nSPS) is 19.4. The van der Waals surface area contributed by atoms with Gasteiger partial charge in [0, 0.05) is 25.4 Å². The molecule has 2 aliphatic heterocycles. The number of nitrogens with one attached hydrogen (secondary N) is 1. The first-order valence-electron chi connectivity index (χ1n) is 7.65. The zero-order chi connectivity index (χ0) is 13.8. The molecule has 110 valence electrons. The van der Waals surface area contributed by atoms with Crippen LogP contribution in [-0.2, 0) is 4.74 Å². The van der Waals surface area contributed by atoms with E-state index < -0.39 is 0 Å². The Morgan fingerprint density at radius 3 is 3.05 bits per heavy atom. The molecule has 1 saturated heterocycles. The molecule has 1 aromatic heterocycles. The van der Waals surface area contributed by atoms with Gasteiger partial charge in [-0.2, -0.15) is 0 Å². The van der Waals surface area contributed by atoms with Crippen LogP contribution in [0.4, 0.5) is 11.5 Å². The van der Waals surface area contributed by atoms with E-state index >= 15 is 0 Å². The molecule has 5 heteroatoms. The molecular formula is C15H24N4O. The van der Waals surface area contributed by atoms with E-state index in [1.165, 1.54) is 18.5 Å². The summed E-state index contributed by atoms with van der Waals surface area (Å²) >= 11 is 0. The van der Waals surface area contributed by atoms with Crippen LogP contribution in [0.3, 0.4) is 0 Å². The summed E-state index contributed by atoms with van der Waals surface area (Å²) in [6.45, 7) is 7.69. The highest BCUT2D eigenvalue weighted by Gasteiger charge is 2.31. The van der Waals surface area contributed by atoms with Crippen molar-refractivity contribution >= 4 is 11.5 Å². The molecule has 3 rings (SSSR count). The number of fused-ring (bicyclic) bond motifs is 1. The summed E-state index contributed by atoms with van der Waals surface area (Å²) in [5.74, 6) is 1.12. The van der Waals surface area contributed by atoms with Crippen molar-refractivity contribution in [2.75, 3.05) is 49.3 Å². The predicted octanol–water partition coefficient (Wildman–Crippen LogP) is 1.45. The third-order valence-corrected chi connectivity index (χ3v) is 4.16. The Morgan fingerprint density at radius 2 is 2.25 bits per heavy atom. The Labute approximate surface area is 120 Å². The van der Waals surface area contributed by atoms with Crippen LogP contribution < -0.4 is 15.1 Å². The lowest BCUT2D eigenvalue weighted by atomic mass is 10.1. The van der Waals surface area contributed by atoms with Crippen molar-refractivity contribution in [2.45, 2.75) is 25.8 Å². The first-order chi connectivity index (χ1) is 9.90. The van der Waals surface area contributed by atoms with Gasteiger partial charge in [-0.25, -0.2) is 4.98 Å². The number of hydrogen-bond donors (Lipinski definition) is 1. The highest BCUT2D eigenvalue weighted by molar-refractivity contribution is 5.72. The summed E-state index contributed by atoms with van der Waals surface area (Å²) in [6, 6.07) is 4.88. The maximum absolute atomic E-state index is 5.49. The first-order valence-corrected chi connectivity index (χ1v) is 7.65. The number of hydrogen-bond acceptors (Lipinski definition) is 5. The van der Waals surface area contributed by atoms with Crippen molar-refractivity contribution in [1.82, 2.24) is 10.3 Å². The molecule has 20 heavy (non-hydrogen) atoms. The van der Waals surface area contributed by atoms with Crippen LogP contribution in [0.25, 0.3) is 0 Å². The van der Waals surface area contributed by atoms with Crippen LogP contribution >= 0.6 is 0 Å². The quantitative estimate of drug-likeness (QED) is 0.825. The van der Waals surface area contributed by atoms with Crippen LogP contribution in [0.15, 0.2) is 18.3 Å². The molecule has 0 spiro atoms. The minimum atomic E-state index is 0.635. The molecule has 3 heterocycles. The number of nitrogens with zero attached hydrogens (tertiary/aromatic N) is 3. The standard InChI is InChI=1S/C15H24N4O/c1-2-20-11-10-18-12-19(13-5-8-16-9-6-13)14-4-3-7-17-15(14)18/h3-4,7,13,16H,2,5-6,8-12H2,1H3. The molecule has 2 aliphatic rings. The van der Waals surface area contributed by atoms with E-state index in [1.807, 2.05) is 19.2 Å². The maximum Gasteiger partial charge on any atom is 0.153 e. The van der Waals surface area contributed by atoms with Gasteiger partial charge in [0.1, 0.15) is 0 Å². The monoisotopic (exact) mass is 276 g/mol. The van der Waals surface area contributed by atoms with Gasteiger partial charge in [0.15, 0.2) is 5.82 Å². The number of anilines is 2. The van der Waals surface area contributed by atoms with Crippen LogP contribution in [0.5, 0.6) is 0 Å². The van der Waals surface area contributed by atoms with Crippen LogP contribution in [0.2, 0.25) is 0 Å². The number of ether oxygens (including phenoxy) is 1. The summed E-state index contributed by atoms with van der Waals surface area (Å²) in [4.78, 5) is 9.44. The van der Waals surface area contributed by atoms with Crippen molar-refractivity contribution in [3.05, 3.63) is 18.3 Å². The fraction of sp³-hybridized carbons (Fsp3) is 0.667. The summed E-state index contributed by atoms with van der Waals surface area (Å²) in [5.41, 5.74) is 1.29. The maximum atomic E-state index is 5.49. The number of pyridine rings is 1. The molecule has 0 unspecified atom stereocenters. The van der Waals surface area contributed by atoms with Gasteiger partial charge in [-0.15, -0.1) is 0 Å². The molecule has 1 fully saturated rings. The predicted molar refractivity (Wildman–Crippen MR) is 81.3 cm³/mol. The Morgan fingerprint density at radius 1 is 1.40 bits per heavy atom. The molecule has 0 aromatic carbocycles. The zero-order valence-electron chi connectivity index (χ0n) is 12.2. The van der Waals surface area contributed by atoms with Gasteiger partial charge in [-0.1, -0.05) is 0 Å². The van der Waals surface area contributed by atoms with Gasteiger partial charge in [0.2, 0.25) is 0 Å². The zero-order valence-corrected chi connectivity index (χ0v) is 12.2. The Hall–Kier alpha value is -1.33. The van der Waals surface area contributed by atoms with Gasteiger partial charge in [-0.3, -0.25) is 0 Å². The fourth-order valence-electron chi connectivity index (χ4n) is 3.11. The van der Waals surface area contributed by atoms with E-state index in [9.17, 15) is 0 Å². The topological polar surface area (TPSA) is 40.6 Å². The van der Waals surface area contributed by atoms with Gasteiger partial charge < -0.3 is 19.9 Å². The third-order valence-electron chi connectivity index (χ3n) is 4.16. The van der Waals surface area contributed by atoms with E-state index in [2.05, 4.69) is 26.2 Å². The summed E-state index contributed by atoms with van der Waals surface area (Å²) in [5, 5.41) is 3.44. The number of piperidine rings is 1. The Kier molecular flexibility index (Phi) is 4.38. The second-order valence-electron chi connectivity index (χ2n) is 5.40. The van der Waals surface area contributed by atoms with E-state index in [0.717, 1.165) is 45.3 Å². The summed E-state index contributed by atoms with van der Waals surface area (Å²) in [6.07, 6.45) is 4.32. The molecular weight excluding hydrogens is 252 g/mol. The first kappa shape index (κ1) is 13.6. The second kappa shape index (κ2) is 6.41. The highest BCUT2D eigenvalue weighted by atomic mass is 16.5. The lowest BCUT2D eigenvalue weighted by molar-refractivity contribution is 0.154. The van der Waals surface area contributed by atoms with E-state index in [4.69, 9.17) is 4.74 Å². The number of aromatic nitrogens is 1. The average molecular weight is 276 g/mol. The molecule has 1 aromatic rings. The van der Waals surface area contributed by atoms with Crippen molar-refractivity contribution in [1.29, 1.82) is 0 Å². The summed E-state index contributed by atoms with van der Waals surface area (Å²) < 4.78 is 5.49. The van der Waals surface area contributed by atoms with Gasteiger partial charge in [0.05, 0.1) is 19.0 Å². The minimum absolute atomic E-state index is 0.635. The molecule has 0 aliphatic carbocycles. The van der Waals surface area contributed by atoms with Gasteiger partial charge >= 0.3 is 0 Å². The molecule has 0 bridgehead atoms. The second-order valence-corrected chi connectivity index (χ2v) is 5.40. The van der Waals surface area contributed by atoms with Gasteiger partial charge in [0.25, 0.3) is 0 Å². The van der Waals surface area contributed by atoms with Crippen molar-refractivity contribution in [3.63, 3.8) is 0 Å². The average Bonchev–Trinajstić information content (AvgIpc) is 2.88. The lowest BCUT2D eigenvalue weighted by Gasteiger charge is -2.33. The van der Waals surface area contributed by atoms with Crippen LogP contribution in [0, 0.1) is 0 Å². The summed E-state index contributed by atoms with van der Waals surface area (Å²) in [7, 11) is 0. The van der Waals surface area contributed by atoms with Crippen LogP contribution in [0.1, 0.15) is 19.8 Å². The Balaban J connectivity index is 1.73. The Bertz CT molecular complexity index is 434. The number of rotatable bonds is 5. The van der Waals surface area contributed by atoms with E-state index in [1.54, 1.807) is 0 Å². The third kappa shape index (κ3) is 2.74. The molecule has 0 atom stereocenters. The van der Waals surface area contributed by atoms with Crippen LogP contribution in [-0.4, -0.2) is 50.5 Å². The van der Waals surface area contributed by atoms with E-state index in [-0.39, 0.29) is 0 Å². The molecule has 1 N–H and O–H groups in total. The smallest absolute Gasteiger partial charge is 0.153 e.